The number of amides is 1. The van der Waals surface area contributed by atoms with Gasteiger partial charge in [-0.15, -0.1) is 0 Å². The van der Waals surface area contributed by atoms with Gasteiger partial charge in [0.15, 0.2) is 11.5 Å². The van der Waals surface area contributed by atoms with Crippen molar-refractivity contribution in [1.29, 1.82) is 0 Å². The fourth-order valence-corrected chi connectivity index (χ4v) is 2.82. The summed E-state index contributed by atoms with van der Waals surface area (Å²) in [5.41, 5.74) is 2.94. The van der Waals surface area contributed by atoms with Crippen molar-refractivity contribution in [2.45, 2.75) is 6.92 Å². The van der Waals surface area contributed by atoms with E-state index >= 15 is 0 Å². The van der Waals surface area contributed by atoms with E-state index in [1.165, 1.54) is 7.11 Å². The SMILES string of the molecule is C=C(C(=O)Nc1ccccc1-c1ccn(C)n1)c1cccc(OC)c1OC#CC. The van der Waals surface area contributed by atoms with Gasteiger partial charge in [-0.3, -0.25) is 9.48 Å². The third-order valence-corrected chi connectivity index (χ3v) is 4.22. The lowest BCUT2D eigenvalue weighted by Crippen LogP contribution is -2.14. The first-order valence-corrected chi connectivity index (χ1v) is 8.90. The summed E-state index contributed by atoms with van der Waals surface area (Å²) in [6.45, 7) is 5.61. The Kier molecular flexibility index (Phi) is 6.00. The van der Waals surface area contributed by atoms with E-state index in [9.17, 15) is 4.79 Å². The minimum absolute atomic E-state index is 0.229. The maximum Gasteiger partial charge on any atom is 0.255 e. The number of anilines is 1. The molecule has 0 spiro atoms. The van der Waals surface area contributed by atoms with Crippen LogP contribution in [-0.2, 0) is 11.8 Å². The molecule has 29 heavy (non-hydrogen) atoms. The van der Waals surface area contributed by atoms with Crippen LogP contribution in [0.15, 0.2) is 61.3 Å². The first-order valence-electron chi connectivity index (χ1n) is 8.90. The number of carbonyl (C=O) groups is 1. The largest absolute Gasteiger partial charge is 0.493 e. The van der Waals surface area contributed by atoms with Gasteiger partial charge in [0.25, 0.3) is 5.91 Å². The summed E-state index contributed by atoms with van der Waals surface area (Å²) in [6.07, 6.45) is 4.39. The number of methoxy groups -OCH3 is 1. The van der Waals surface area contributed by atoms with Gasteiger partial charge in [-0.1, -0.05) is 42.8 Å². The third-order valence-electron chi connectivity index (χ3n) is 4.22. The highest BCUT2D eigenvalue weighted by atomic mass is 16.5. The number of hydrogen-bond donors (Lipinski definition) is 1. The molecule has 2 aromatic carbocycles. The van der Waals surface area contributed by atoms with Crippen LogP contribution in [0, 0.1) is 12.0 Å². The van der Waals surface area contributed by atoms with E-state index < -0.39 is 0 Å². The lowest BCUT2D eigenvalue weighted by molar-refractivity contribution is -0.111. The second-order valence-electron chi connectivity index (χ2n) is 6.14. The predicted octanol–water partition coefficient (Wildman–Crippen LogP) is 4.11. The summed E-state index contributed by atoms with van der Waals surface area (Å²) in [5, 5.41) is 7.33. The van der Waals surface area contributed by atoms with Crippen LogP contribution in [-0.4, -0.2) is 22.8 Å². The van der Waals surface area contributed by atoms with Crippen molar-refractivity contribution in [2.75, 3.05) is 12.4 Å². The van der Waals surface area contributed by atoms with E-state index in [1.54, 1.807) is 29.8 Å². The number of aryl methyl sites for hydroxylation is 1. The van der Waals surface area contributed by atoms with Crippen LogP contribution < -0.4 is 14.8 Å². The van der Waals surface area contributed by atoms with Crippen molar-refractivity contribution in [1.82, 2.24) is 9.78 Å². The molecule has 0 atom stereocenters. The average molecular weight is 387 g/mol. The molecular weight excluding hydrogens is 366 g/mol. The number of carbonyl (C=O) groups excluding carboxylic acids is 1. The number of ether oxygens (including phenoxy) is 2. The molecule has 0 radical (unpaired) electrons. The molecule has 0 aliphatic heterocycles. The van der Waals surface area contributed by atoms with Crippen LogP contribution in [0.3, 0.4) is 0 Å². The van der Waals surface area contributed by atoms with Crippen molar-refractivity contribution in [2.24, 2.45) is 7.05 Å². The summed E-state index contributed by atoms with van der Waals surface area (Å²) >= 11 is 0. The Morgan fingerprint density at radius 1 is 1.17 bits per heavy atom. The summed E-state index contributed by atoms with van der Waals surface area (Å²) in [6, 6.07) is 14.6. The molecule has 0 bridgehead atoms. The maximum absolute atomic E-state index is 13.0. The molecule has 1 N–H and O–H groups in total. The molecule has 0 aliphatic rings. The van der Waals surface area contributed by atoms with E-state index in [2.05, 4.69) is 29.0 Å². The van der Waals surface area contributed by atoms with E-state index in [4.69, 9.17) is 9.47 Å². The van der Waals surface area contributed by atoms with Crippen LogP contribution in [0.4, 0.5) is 5.69 Å². The van der Waals surface area contributed by atoms with Crippen LogP contribution in [0.2, 0.25) is 0 Å². The van der Waals surface area contributed by atoms with Gasteiger partial charge in [0.05, 0.1) is 18.5 Å². The molecule has 0 saturated carbocycles. The lowest BCUT2D eigenvalue weighted by atomic mass is 10.0. The van der Waals surface area contributed by atoms with Crippen molar-refractivity contribution < 1.29 is 14.3 Å². The molecule has 0 aliphatic carbocycles. The molecule has 3 rings (SSSR count). The van der Waals surface area contributed by atoms with Gasteiger partial charge >= 0.3 is 0 Å². The molecule has 6 nitrogen and oxygen atoms in total. The zero-order valence-corrected chi connectivity index (χ0v) is 16.5. The summed E-state index contributed by atoms with van der Waals surface area (Å²) in [4.78, 5) is 13.0. The quantitative estimate of drug-likeness (QED) is 0.511. The third kappa shape index (κ3) is 4.30. The molecular formula is C23H21N3O3. The van der Waals surface area contributed by atoms with Crippen molar-refractivity contribution >= 4 is 17.2 Å². The standard InChI is InChI=1S/C23H21N3O3/c1-5-15-29-22-17(10-8-12-21(22)28-4)16(2)23(27)24-19-11-7-6-9-18(19)20-13-14-26(3)25-20/h6-14H,2H2,1,3-4H3,(H,24,27). The summed E-state index contributed by atoms with van der Waals surface area (Å²) < 4.78 is 12.5. The Labute approximate surface area is 169 Å². The van der Waals surface area contributed by atoms with Crippen molar-refractivity contribution in [3.63, 3.8) is 0 Å². The Morgan fingerprint density at radius 3 is 2.66 bits per heavy atom. The fraction of sp³-hybridized carbons (Fsp3) is 0.130. The van der Waals surface area contributed by atoms with E-state index in [0.717, 1.165) is 11.3 Å². The minimum Gasteiger partial charge on any atom is -0.493 e. The Morgan fingerprint density at radius 2 is 1.97 bits per heavy atom. The van der Waals surface area contributed by atoms with Crippen molar-refractivity contribution in [3.8, 4) is 34.8 Å². The number of nitrogens with zero attached hydrogens (tertiary/aromatic N) is 2. The van der Waals surface area contributed by atoms with Gasteiger partial charge in [-0.2, -0.15) is 5.10 Å². The van der Waals surface area contributed by atoms with Crippen LogP contribution >= 0.6 is 0 Å². The predicted molar refractivity (Wildman–Crippen MR) is 113 cm³/mol. The van der Waals surface area contributed by atoms with Crippen LogP contribution in [0.1, 0.15) is 12.5 Å². The number of hydrogen-bond acceptors (Lipinski definition) is 4. The summed E-state index contributed by atoms with van der Waals surface area (Å²) in [7, 11) is 3.37. The maximum atomic E-state index is 13.0. The molecule has 146 valence electrons. The number of nitrogens with one attached hydrogen (secondary N) is 1. The zero-order chi connectivity index (χ0) is 20.8. The van der Waals surface area contributed by atoms with Gasteiger partial charge in [0.2, 0.25) is 0 Å². The Balaban J connectivity index is 1.91. The smallest absolute Gasteiger partial charge is 0.255 e. The topological polar surface area (TPSA) is 65.4 Å². The first kappa shape index (κ1) is 19.8. The normalized spacial score (nSPS) is 9.90. The highest BCUT2D eigenvalue weighted by molar-refractivity contribution is 6.25. The van der Waals surface area contributed by atoms with E-state index in [-0.39, 0.29) is 11.5 Å². The highest BCUT2D eigenvalue weighted by Gasteiger charge is 2.19. The van der Waals surface area contributed by atoms with E-state index in [1.807, 2.05) is 43.6 Å². The van der Waals surface area contributed by atoms with Crippen molar-refractivity contribution in [3.05, 3.63) is 66.9 Å². The lowest BCUT2D eigenvalue weighted by Gasteiger charge is -2.14. The van der Waals surface area contributed by atoms with E-state index in [0.29, 0.717) is 22.7 Å². The van der Waals surface area contributed by atoms with Crippen LogP contribution in [0.5, 0.6) is 11.5 Å². The molecule has 6 heteroatoms. The number of para-hydroxylation sites is 2. The Bertz CT molecular complexity index is 1120. The van der Waals surface area contributed by atoms with Gasteiger partial charge in [0, 0.05) is 36.9 Å². The zero-order valence-electron chi connectivity index (χ0n) is 16.5. The first-order chi connectivity index (χ1) is 14.0. The monoisotopic (exact) mass is 387 g/mol. The fourth-order valence-electron chi connectivity index (χ4n) is 2.82. The number of aromatic nitrogens is 2. The molecule has 1 amide bonds. The molecule has 0 fully saturated rings. The average Bonchev–Trinajstić information content (AvgIpc) is 3.17. The molecule has 3 aromatic rings. The molecule has 1 aromatic heterocycles. The summed E-state index contributed by atoms with van der Waals surface area (Å²) in [5.74, 6) is 3.11. The van der Waals surface area contributed by atoms with Gasteiger partial charge < -0.3 is 14.8 Å². The second-order valence-corrected chi connectivity index (χ2v) is 6.14. The highest BCUT2D eigenvalue weighted by Crippen LogP contribution is 2.35. The van der Waals surface area contributed by atoms with Gasteiger partial charge in [-0.25, -0.2) is 0 Å². The molecule has 0 unspecified atom stereocenters. The number of benzene rings is 2. The minimum atomic E-state index is -0.365. The van der Waals surface area contributed by atoms with Crippen LogP contribution in [0.25, 0.3) is 16.8 Å². The molecule has 1 heterocycles. The molecule has 0 saturated heterocycles. The second kappa shape index (κ2) is 8.81. The van der Waals surface area contributed by atoms with Gasteiger partial charge in [0.1, 0.15) is 6.11 Å². The Hall–Kier alpha value is -3.98. The number of rotatable bonds is 6. The van der Waals surface area contributed by atoms with Gasteiger partial charge in [-0.05, 0) is 18.2 Å².